The van der Waals surface area contributed by atoms with Gasteiger partial charge in [-0.3, -0.25) is 14.5 Å². The molecule has 1 heterocycles. The monoisotopic (exact) mass is 338 g/mol. The second-order valence-corrected chi connectivity index (χ2v) is 8.28. The minimum absolute atomic E-state index is 0.0730. The lowest BCUT2D eigenvalue weighted by Crippen LogP contribution is -2.48. The van der Waals surface area contributed by atoms with Crippen molar-refractivity contribution in [3.63, 3.8) is 0 Å². The first-order chi connectivity index (χ1) is 10.7. The van der Waals surface area contributed by atoms with Crippen molar-refractivity contribution >= 4 is 23.2 Å². The second kappa shape index (κ2) is 7.01. The third-order valence-corrected chi connectivity index (χ3v) is 5.13. The molecule has 0 bridgehead atoms. The second-order valence-electron chi connectivity index (χ2n) is 7.30. The van der Waals surface area contributed by atoms with E-state index in [1.54, 1.807) is 23.2 Å². The molecule has 1 saturated carbocycles. The largest absolute Gasteiger partial charge is 0.480 e. The number of hydrogen-bond acceptors (Lipinski definition) is 4. The molecule has 128 valence electrons. The molecular weight excluding hydrogens is 312 g/mol. The number of aliphatic carboxylic acids is 1. The van der Waals surface area contributed by atoms with E-state index < -0.39 is 12.0 Å². The van der Waals surface area contributed by atoms with Crippen LogP contribution in [0.25, 0.3) is 0 Å². The molecule has 1 aliphatic rings. The molecule has 5 nitrogen and oxygen atoms in total. The van der Waals surface area contributed by atoms with Crippen molar-refractivity contribution in [2.24, 2.45) is 5.41 Å². The quantitative estimate of drug-likeness (QED) is 0.802. The van der Waals surface area contributed by atoms with Gasteiger partial charge >= 0.3 is 5.97 Å². The van der Waals surface area contributed by atoms with E-state index in [0.717, 1.165) is 17.7 Å². The summed E-state index contributed by atoms with van der Waals surface area (Å²) in [4.78, 5) is 26.7. The Kier molecular flexibility index (Phi) is 5.47. The number of nitrogens with one attached hydrogen (secondary N) is 1. The Morgan fingerprint density at radius 1 is 1.43 bits per heavy atom. The summed E-state index contributed by atoms with van der Waals surface area (Å²) in [6, 6.07) is 3.52. The molecule has 1 aliphatic carbocycles. The number of hydrogen-bond donors (Lipinski definition) is 2. The number of nitrogens with zero attached hydrogens (tertiary/aromatic N) is 1. The van der Waals surface area contributed by atoms with Crippen LogP contribution in [0.5, 0.6) is 0 Å². The van der Waals surface area contributed by atoms with Crippen molar-refractivity contribution in [3.8, 4) is 0 Å². The van der Waals surface area contributed by atoms with Gasteiger partial charge in [0, 0.05) is 10.9 Å². The molecule has 1 amide bonds. The van der Waals surface area contributed by atoms with Crippen LogP contribution in [-0.2, 0) is 9.59 Å². The molecule has 0 spiro atoms. The predicted octanol–water partition coefficient (Wildman–Crippen LogP) is 2.89. The van der Waals surface area contributed by atoms with E-state index in [4.69, 9.17) is 0 Å². The molecular formula is C17H26N2O3S. The van der Waals surface area contributed by atoms with E-state index in [1.807, 2.05) is 17.5 Å². The van der Waals surface area contributed by atoms with Crippen LogP contribution in [0.15, 0.2) is 17.5 Å². The van der Waals surface area contributed by atoms with Crippen molar-refractivity contribution in [1.29, 1.82) is 0 Å². The molecule has 23 heavy (non-hydrogen) atoms. The molecule has 6 heteroatoms. The third kappa shape index (κ3) is 4.78. The van der Waals surface area contributed by atoms with Crippen LogP contribution in [0.1, 0.15) is 51.5 Å². The Morgan fingerprint density at radius 2 is 2.09 bits per heavy atom. The lowest BCUT2D eigenvalue weighted by Gasteiger charge is -2.32. The normalized spacial score (nSPS) is 17.8. The van der Waals surface area contributed by atoms with Crippen LogP contribution in [0.4, 0.5) is 0 Å². The average Bonchev–Trinajstić information content (AvgIpc) is 3.15. The summed E-state index contributed by atoms with van der Waals surface area (Å²) in [5.74, 6) is -0.992. The van der Waals surface area contributed by atoms with Gasteiger partial charge in [0.05, 0.1) is 12.6 Å². The fourth-order valence-electron chi connectivity index (χ4n) is 2.67. The zero-order chi connectivity index (χ0) is 17.2. The number of thiophene rings is 1. The highest BCUT2D eigenvalue weighted by molar-refractivity contribution is 7.10. The van der Waals surface area contributed by atoms with Crippen LogP contribution in [0, 0.1) is 5.41 Å². The van der Waals surface area contributed by atoms with Crippen molar-refractivity contribution in [1.82, 2.24) is 10.2 Å². The summed E-state index contributed by atoms with van der Waals surface area (Å²) in [6.45, 7) is 8.06. The fraction of sp³-hybridized carbons (Fsp3) is 0.647. The first-order valence-electron chi connectivity index (χ1n) is 8.01. The molecule has 0 radical (unpaired) electrons. The molecule has 1 fully saturated rings. The van der Waals surface area contributed by atoms with Gasteiger partial charge in [0.25, 0.3) is 0 Å². The van der Waals surface area contributed by atoms with Gasteiger partial charge in [0.2, 0.25) is 5.91 Å². The van der Waals surface area contributed by atoms with Gasteiger partial charge in [0.15, 0.2) is 0 Å². The van der Waals surface area contributed by atoms with Crippen LogP contribution >= 0.6 is 11.3 Å². The minimum atomic E-state index is -0.879. The molecule has 0 aromatic carbocycles. The van der Waals surface area contributed by atoms with Gasteiger partial charge in [0.1, 0.15) is 6.04 Å². The Bertz CT molecular complexity index is 547. The van der Waals surface area contributed by atoms with Crippen LogP contribution < -0.4 is 5.32 Å². The number of carbonyl (C=O) groups excluding carboxylic acids is 1. The highest BCUT2D eigenvalue weighted by Gasteiger charge is 2.37. The molecule has 0 aliphatic heterocycles. The van der Waals surface area contributed by atoms with Crippen molar-refractivity contribution in [2.75, 3.05) is 6.54 Å². The molecule has 1 aromatic heterocycles. The minimum Gasteiger partial charge on any atom is -0.480 e. The Morgan fingerprint density at radius 3 is 2.52 bits per heavy atom. The topological polar surface area (TPSA) is 69.6 Å². The molecule has 2 N–H and O–H groups in total. The standard InChI is InChI=1S/C17H26N2O3S/c1-11(16(21)22)19(12-7-8-12)10-14(20)18-15(17(2,3)4)13-6-5-9-23-13/h5-6,9,11-12,15H,7-8,10H2,1-4H3,(H,18,20)(H,21,22). The molecule has 1 aromatic rings. The SMILES string of the molecule is CC(C(=O)O)N(CC(=O)NC(c1cccs1)C(C)(C)C)C1CC1. The summed E-state index contributed by atoms with van der Waals surface area (Å²) >= 11 is 1.63. The van der Waals surface area contributed by atoms with E-state index in [1.165, 1.54) is 0 Å². The Balaban J connectivity index is 2.05. The van der Waals surface area contributed by atoms with Gasteiger partial charge in [-0.05, 0) is 36.6 Å². The summed E-state index contributed by atoms with van der Waals surface area (Å²) in [7, 11) is 0. The molecule has 2 atom stereocenters. The predicted molar refractivity (Wildman–Crippen MR) is 91.5 cm³/mol. The average molecular weight is 338 g/mol. The Labute approximate surface area is 141 Å². The number of carboxylic acid groups (broad SMARTS) is 1. The summed E-state index contributed by atoms with van der Waals surface area (Å²) in [5.41, 5.74) is -0.108. The van der Waals surface area contributed by atoms with E-state index in [-0.39, 0.29) is 30.0 Å². The van der Waals surface area contributed by atoms with Gasteiger partial charge in [-0.2, -0.15) is 0 Å². The van der Waals surface area contributed by atoms with Crippen molar-refractivity contribution in [3.05, 3.63) is 22.4 Å². The van der Waals surface area contributed by atoms with Gasteiger partial charge in [-0.25, -0.2) is 0 Å². The summed E-state index contributed by atoms with van der Waals surface area (Å²) in [5, 5.41) is 14.3. The first kappa shape index (κ1) is 17.9. The summed E-state index contributed by atoms with van der Waals surface area (Å²) < 4.78 is 0. The van der Waals surface area contributed by atoms with Crippen LogP contribution in [0.2, 0.25) is 0 Å². The number of rotatable bonds is 7. The maximum Gasteiger partial charge on any atom is 0.320 e. The van der Waals surface area contributed by atoms with Crippen LogP contribution in [-0.4, -0.2) is 40.5 Å². The highest BCUT2D eigenvalue weighted by Crippen LogP contribution is 2.35. The molecule has 2 unspecified atom stereocenters. The van der Waals surface area contributed by atoms with E-state index >= 15 is 0 Å². The lowest BCUT2D eigenvalue weighted by molar-refractivity contribution is -0.143. The summed E-state index contributed by atoms with van der Waals surface area (Å²) in [6.07, 6.45) is 1.94. The van der Waals surface area contributed by atoms with E-state index in [9.17, 15) is 14.7 Å². The highest BCUT2D eigenvalue weighted by atomic mass is 32.1. The number of amides is 1. The molecule has 0 saturated heterocycles. The van der Waals surface area contributed by atoms with Gasteiger partial charge in [-0.15, -0.1) is 11.3 Å². The first-order valence-corrected chi connectivity index (χ1v) is 8.89. The van der Waals surface area contributed by atoms with Gasteiger partial charge < -0.3 is 10.4 Å². The number of carboxylic acids is 1. The maximum atomic E-state index is 12.5. The van der Waals surface area contributed by atoms with E-state index in [0.29, 0.717) is 0 Å². The van der Waals surface area contributed by atoms with Crippen molar-refractivity contribution in [2.45, 2.75) is 58.7 Å². The van der Waals surface area contributed by atoms with Crippen molar-refractivity contribution < 1.29 is 14.7 Å². The zero-order valence-corrected chi connectivity index (χ0v) is 15.0. The fourth-order valence-corrected chi connectivity index (χ4v) is 3.69. The molecule has 2 rings (SSSR count). The lowest BCUT2D eigenvalue weighted by atomic mass is 9.85. The zero-order valence-electron chi connectivity index (χ0n) is 14.2. The smallest absolute Gasteiger partial charge is 0.320 e. The van der Waals surface area contributed by atoms with Gasteiger partial charge in [-0.1, -0.05) is 26.8 Å². The van der Waals surface area contributed by atoms with Crippen LogP contribution in [0.3, 0.4) is 0 Å². The van der Waals surface area contributed by atoms with E-state index in [2.05, 4.69) is 26.1 Å². The third-order valence-electron chi connectivity index (χ3n) is 4.20. The number of carbonyl (C=O) groups is 2. The Hall–Kier alpha value is -1.40. The maximum absolute atomic E-state index is 12.5.